The van der Waals surface area contributed by atoms with Crippen LogP contribution in [0.4, 0.5) is 10.1 Å². The van der Waals surface area contributed by atoms with E-state index in [1.807, 2.05) is 48.5 Å². The maximum atomic E-state index is 13.5. The van der Waals surface area contributed by atoms with Crippen LogP contribution in [0.5, 0.6) is 23.0 Å². The van der Waals surface area contributed by atoms with Crippen molar-refractivity contribution in [2.75, 3.05) is 32.6 Å². The minimum Gasteiger partial charge on any atom is -0.497 e. The maximum absolute atomic E-state index is 13.5. The molecule has 4 rings (SSSR count). The van der Waals surface area contributed by atoms with Crippen molar-refractivity contribution in [2.24, 2.45) is 0 Å². The van der Waals surface area contributed by atoms with Gasteiger partial charge in [0.25, 0.3) is 0 Å². The summed E-state index contributed by atoms with van der Waals surface area (Å²) in [5, 5.41) is 7.85. The van der Waals surface area contributed by atoms with Crippen LogP contribution in [0.1, 0.15) is 12.0 Å². The summed E-state index contributed by atoms with van der Waals surface area (Å²) in [5.41, 5.74) is 2.68. The van der Waals surface area contributed by atoms with E-state index < -0.39 is 0 Å². The van der Waals surface area contributed by atoms with Crippen LogP contribution >= 0.6 is 12.4 Å². The Morgan fingerprint density at radius 3 is 2.51 bits per heavy atom. The summed E-state index contributed by atoms with van der Waals surface area (Å²) in [6.45, 7) is 2.12. The molecule has 35 heavy (non-hydrogen) atoms. The number of rotatable bonds is 11. The van der Waals surface area contributed by atoms with Gasteiger partial charge in [-0.1, -0.05) is 6.07 Å². The Morgan fingerprint density at radius 1 is 0.857 bits per heavy atom. The van der Waals surface area contributed by atoms with Gasteiger partial charge in [0, 0.05) is 48.1 Å². The van der Waals surface area contributed by atoms with Crippen molar-refractivity contribution >= 4 is 29.0 Å². The molecule has 0 amide bonds. The lowest BCUT2D eigenvalue weighted by Gasteiger charge is -2.12. The molecule has 0 saturated carbocycles. The van der Waals surface area contributed by atoms with E-state index in [0.717, 1.165) is 47.4 Å². The lowest BCUT2D eigenvalue weighted by molar-refractivity contribution is 0.406. The van der Waals surface area contributed by atoms with Crippen LogP contribution in [-0.2, 0) is 6.54 Å². The fraction of sp³-hybridized carbons (Fsp3) is 0.222. The summed E-state index contributed by atoms with van der Waals surface area (Å²) in [6.07, 6.45) is 2.69. The molecule has 8 heteroatoms. The number of nitrogens with one attached hydrogen (secondary N) is 2. The topological polar surface area (TPSA) is 64.6 Å². The lowest BCUT2D eigenvalue weighted by atomic mass is 10.1. The van der Waals surface area contributed by atoms with Crippen molar-refractivity contribution in [3.63, 3.8) is 0 Å². The summed E-state index contributed by atoms with van der Waals surface area (Å²) in [5.74, 6) is 2.58. The normalized spacial score (nSPS) is 10.5. The molecule has 0 aliphatic rings. The summed E-state index contributed by atoms with van der Waals surface area (Å²) in [6, 6.07) is 19.9. The van der Waals surface area contributed by atoms with E-state index >= 15 is 0 Å². The lowest BCUT2D eigenvalue weighted by Crippen LogP contribution is -2.18. The van der Waals surface area contributed by atoms with Gasteiger partial charge in [0.15, 0.2) is 0 Å². The average Bonchev–Trinajstić information content (AvgIpc) is 2.86. The molecule has 0 spiro atoms. The van der Waals surface area contributed by atoms with Crippen LogP contribution < -0.4 is 24.8 Å². The Labute approximate surface area is 210 Å². The zero-order chi connectivity index (χ0) is 23.8. The third-order valence-electron chi connectivity index (χ3n) is 5.39. The number of pyridine rings is 1. The third kappa shape index (κ3) is 6.97. The Bertz CT molecular complexity index is 1260. The van der Waals surface area contributed by atoms with Gasteiger partial charge in [0.2, 0.25) is 0 Å². The van der Waals surface area contributed by atoms with Gasteiger partial charge in [0.05, 0.1) is 19.7 Å². The zero-order valence-corrected chi connectivity index (χ0v) is 20.5. The number of hydrogen-bond acceptors (Lipinski definition) is 6. The predicted molar refractivity (Wildman–Crippen MR) is 140 cm³/mol. The molecule has 0 radical (unpaired) electrons. The molecule has 4 aromatic rings. The Hall–Kier alpha value is -3.55. The van der Waals surface area contributed by atoms with Gasteiger partial charge < -0.3 is 24.8 Å². The standard InChI is InChI=1S/C27H28FN3O3.ClH/c1-32-21-5-3-6-22(16-21)34-23-8-9-24-25(11-14-31-26(24)17-23)30-13-4-12-29-18-19-15-20(28)7-10-27(19)33-2;/h3,5-11,14-17,29H,4,12-13,18H2,1-2H3,(H,30,31);1H. The molecule has 6 nitrogen and oxygen atoms in total. The maximum Gasteiger partial charge on any atom is 0.131 e. The smallest absolute Gasteiger partial charge is 0.131 e. The van der Waals surface area contributed by atoms with Crippen molar-refractivity contribution in [1.29, 1.82) is 0 Å². The first-order chi connectivity index (χ1) is 16.7. The van der Waals surface area contributed by atoms with E-state index in [1.54, 1.807) is 26.5 Å². The number of hydrogen-bond donors (Lipinski definition) is 2. The number of halogens is 2. The number of benzene rings is 3. The van der Waals surface area contributed by atoms with Crippen molar-refractivity contribution in [3.05, 3.63) is 84.3 Å². The van der Waals surface area contributed by atoms with E-state index in [9.17, 15) is 4.39 Å². The van der Waals surface area contributed by atoms with Gasteiger partial charge in [-0.05, 0) is 61.5 Å². The highest BCUT2D eigenvalue weighted by molar-refractivity contribution is 5.91. The van der Waals surface area contributed by atoms with Crippen LogP contribution in [0, 0.1) is 5.82 Å². The molecular weight excluding hydrogens is 469 g/mol. The molecule has 1 aromatic heterocycles. The Morgan fingerprint density at radius 2 is 1.69 bits per heavy atom. The quantitative estimate of drug-likeness (QED) is 0.241. The largest absolute Gasteiger partial charge is 0.497 e. The van der Waals surface area contributed by atoms with E-state index in [2.05, 4.69) is 15.6 Å². The van der Waals surface area contributed by atoms with E-state index in [0.29, 0.717) is 23.8 Å². The Kier molecular flexibility index (Phi) is 9.52. The number of ether oxygens (including phenoxy) is 3. The second-order valence-corrected chi connectivity index (χ2v) is 7.73. The summed E-state index contributed by atoms with van der Waals surface area (Å²) in [7, 11) is 3.22. The number of nitrogens with zero attached hydrogens (tertiary/aromatic N) is 1. The fourth-order valence-electron chi connectivity index (χ4n) is 3.69. The number of anilines is 1. The Balaban J connectivity index is 0.00000342. The minimum absolute atomic E-state index is 0. The van der Waals surface area contributed by atoms with E-state index in [4.69, 9.17) is 14.2 Å². The van der Waals surface area contributed by atoms with Crippen LogP contribution in [0.25, 0.3) is 10.9 Å². The molecule has 1 heterocycles. The SMILES string of the molecule is COc1cccc(Oc2ccc3c(NCCCNCc4cc(F)ccc4OC)ccnc3c2)c1.Cl. The monoisotopic (exact) mass is 497 g/mol. The van der Waals surface area contributed by atoms with Gasteiger partial charge >= 0.3 is 0 Å². The van der Waals surface area contributed by atoms with Crippen LogP contribution in [-0.4, -0.2) is 32.3 Å². The van der Waals surface area contributed by atoms with Gasteiger partial charge in [-0.15, -0.1) is 12.4 Å². The molecule has 3 aromatic carbocycles. The molecule has 184 valence electrons. The first-order valence-electron chi connectivity index (χ1n) is 11.1. The van der Waals surface area contributed by atoms with Crippen molar-refractivity contribution < 1.29 is 18.6 Å². The fourth-order valence-corrected chi connectivity index (χ4v) is 3.69. The summed E-state index contributed by atoms with van der Waals surface area (Å²) in [4.78, 5) is 4.49. The molecule has 2 N–H and O–H groups in total. The molecule has 0 atom stereocenters. The molecule has 0 unspecified atom stereocenters. The average molecular weight is 498 g/mol. The highest BCUT2D eigenvalue weighted by atomic mass is 35.5. The molecule has 0 aliphatic carbocycles. The van der Waals surface area contributed by atoms with Gasteiger partial charge in [0.1, 0.15) is 28.8 Å². The first kappa shape index (κ1) is 26.1. The highest BCUT2D eigenvalue weighted by Gasteiger charge is 2.06. The molecular formula is C27H29ClFN3O3. The second-order valence-electron chi connectivity index (χ2n) is 7.73. The third-order valence-corrected chi connectivity index (χ3v) is 5.39. The molecule has 0 fully saturated rings. The van der Waals surface area contributed by atoms with Crippen LogP contribution in [0.15, 0.2) is 72.9 Å². The van der Waals surface area contributed by atoms with Crippen molar-refractivity contribution in [1.82, 2.24) is 10.3 Å². The number of methoxy groups -OCH3 is 2. The first-order valence-corrected chi connectivity index (χ1v) is 11.1. The van der Waals surface area contributed by atoms with Crippen molar-refractivity contribution in [2.45, 2.75) is 13.0 Å². The summed E-state index contributed by atoms with van der Waals surface area (Å²) < 4.78 is 30.0. The van der Waals surface area contributed by atoms with Gasteiger partial charge in [-0.25, -0.2) is 4.39 Å². The molecule has 0 bridgehead atoms. The van der Waals surface area contributed by atoms with E-state index in [1.165, 1.54) is 12.1 Å². The number of fused-ring (bicyclic) bond motifs is 1. The number of aromatic nitrogens is 1. The van der Waals surface area contributed by atoms with Crippen molar-refractivity contribution in [3.8, 4) is 23.0 Å². The van der Waals surface area contributed by atoms with Crippen LogP contribution in [0.2, 0.25) is 0 Å². The highest BCUT2D eigenvalue weighted by Crippen LogP contribution is 2.29. The molecule has 0 aliphatic heterocycles. The summed E-state index contributed by atoms with van der Waals surface area (Å²) >= 11 is 0. The van der Waals surface area contributed by atoms with Gasteiger partial charge in [-0.2, -0.15) is 0 Å². The van der Waals surface area contributed by atoms with Gasteiger partial charge in [-0.3, -0.25) is 4.98 Å². The van der Waals surface area contributed by atoms with E-state index in [-0.39, 0.29) is 18.2 Å². The zero-order valence-electron chi connectivity index (χ0n) is 19.7. The second kappa shape index (κ2) is 12.8. The minimum atomic E-state index is -0.263. The van der Waals surface area contributed by atoms with Crippen LogP contribution in [0.3, 0.4) is 0 Å². The molecule has 0 saturated heterocycles. The predicted octanol–water partition coefficient (Wildman–Crippen LogP) is 6.20.